The van der Waals surface area contributed by atoms with Crippen molar-refractivity contribution < 1.29 is 14.7 Å². The zero-order valence-corrected chi connectivity index (χ0v) is 18.0. The number of carbonyl (C=O) groups excluding carboxylic acids is 1. The minimum Gasteiger partial charge on any atom is -0.481 e. The number of Topliss-reactive ketones (excluding diaryl/α,β-unsaturated/α-hetero) is 1. The van der Waals surface area contributed by atoms with Gasteiger partial charge < -0.3 is 10.8 Å². The van der Waals surface area contributed by atoms with E-state index in [1.807, 2.05) is 0 Å². The number of fused-ring (bicyclic) bond motifs is 5. The molecule has 4 heteroatoms. The van der Waals surface area contributed by atoms with Crippen molar-refractivity contribution >= 4 is 11.8 Å². The molecule has 0 bridgehead atoms. The molecular formula is C24H39NO3. The lowest BCUT2D eigenvalue weighted by molar-refractivity contribution is -0.158. The molecule has 158 valence electrons. The first-order valence-corrected chi connectivity index (χ1v) is 11.7. The highest BCUT2D eigenvalue weighted by Gasteiger charge is 2.63. The van der Waals surface area contributed by atoms with Crippen LogP contribution in [0, 0.1) is 46.3 Å². The van der Waals surface area contributed by atoms with E-state index in [1.54, 1.807) is 0 Å². The molecule has 0 spiro atoms. The number of carbonyl (C=O) groups is 2. The van der Waals surface area contributed by atoms with Crippen LogP contribution in [0.25, 0.3) is 0 Å². The molecule has 4 aliphatic rings. The molecule has 4 aliphatic carbocycles. The lowest BCUT2D eigenvalue weighted by Gasteiger charge is -2.60. The molecule has 7 unspecified atom stereocenters. The van der Waals surface area contributed by atoms with Gasteiger partial charge in [0.25, 0.3) is 0 Å². The van der Waals surface area contributed by atoms with Crippen LogP contribution in [0.4, 0.5) is 0 Å². The third-order valence-corrected chi connectivity index (χ3v) is 10.1. The minimum absolute atomic E-state index is 0.221. The smallest absolute Gasteiger partial charge is 0.303 e. The Hall–Kier alpha value is -0.900. The fourth-order valence-electron chi connectivity index (χ4n) is 8.49. The van der Waals surface area contributed by atoms with Gasteiger partial charge >= 0.3 is 5.97 Å². The molecule has 4 saturated carbocycles. The normalized spacial score (nSPS) is 49.1. The van der Waals surface area contributed by atoms with E-state index in [0.29, 0.717) is 59.2 Å². The van der Waals surface area contributed by atoms with Crippen LogP contribution < -0.4 is 5.73 Å². The average Bonchev–Trinajstić information content (AvgIpc) is 3.00. The van der Waals surface area contributed by atoms with E-state index < -0.39 is 5.97 Å². The molecule has 0 aromatic rings. The molecular weight excluding hydrogens is 350 g/mol. The van der Waals surface area contributed by atoms with Gasteiger partial charge in [-0.3, -0.25) is 9.59 Å². The third kappa shape index (κ3) is 2.97. The van der Waals surface area contributed by atoms with Crippen LogP contribution in [-0.4, -0.2) is 22.9 Å². The van der Waals surface area contributed by atoms with Crippen molar-refractivity contribution in [3.05, 3.63) is 0 Å². The fraction of sp³-hybridized carbons (Fsp3) is 0.917. The number of carboxylic acids is 1. The maximum absolute atomic E-state index is 13.6. The molecule has 3 N–H and O–H groups in total. The van der Waals surface area contributed by atoms with E-state index in [4.69, 9.17) is 10.8 Å². The zero-order chi connectivity index (χ0) is 20.3. The van der Waals surface area contributed by atoms with Crippen LogP contribution in [-0.2, 0) is 9.59 Å². The molecule has 4 nitrogen and oxygen atoms in total. The van der Waals surface area contributed by atoms with Crippen molar-refractivity contribution in [2.75, 3.05) is 0 Å². The molecule has 28 heavy (non-hydrogen) atoms. The van der Waals surface area contributed by atoms with Crippen molar-refractivity contribution in [3.63, 3.8) is 0 Å². The van der Waals surface area contributed by atoms with Crippen LogP contribution in [0.2, 0.25) is 0 Å². The monoisotopic (exact) mass is 389 g/mol. The van der Waals surface area contributed by atoms with Crippen molar-refractivity contribution in [3.8, 4) is 0 Å². The van der Waals surface area contributed by atoms with Crippen LogP contribution in [0.15, 0.2) is 0 Å². The van der Waals surface area contributed by atoms with Crippen LogP contribution in [0.3, 0.4) is 0 Å². The average molecular weight is 390 g/mol. The Morgan fingerprint density at radius 1 is 1.18 bits per heavy atom. The van der Waals surface area contributed by atoms with E-state index in [2.05, 4.69) is 20.8 Å². The van der Waals surface area contributed by atoms with Crippen LogP contribution in [0.5, 0.6) is 0 Å². The van der Waals surface area contributed by atoms with E-state index in [-0.39, 0.29) is 11.8 Å². The first-order valence-electron chi connectivity index (χ1n) is 11.7. The first kappa shape index (κ1) is 20.4. The second-order valence-corrected chi connectivity index (χ2v) is 11.2. The summed E-state index contributed by atoms with van der Waals surface area (Å²) in [5.41, 5.74) is 6.36. The van der Waals surface area contributed by atoms with Crippen molar-refractivity contribution in [2.24, 2.45) is 52.1 Å². The molecule has 0 aromatic carbocycles. The Morgan fingerprint density at radius 2 is 1.93 bits per heavy atom. The molecule has 0 saturated heterocycles. The van der Waals surface area contributed by atoms with Gasteiger partial charge in [-0.15, -0.1) is 0 Å². The summed E-state index contributed by atoms with van der Waals surface area (Å²) in [7, 11) is 0. The van der Waals surface area contributed by atoms with Gasteiger partial charge in [0.15, 0.2) is 0 Å². The van der Waals surface area contributed by atoms with E-state index >= 15 is 0 Å². The maximum Gasteiger partial charge on any atom is 0.303 e. The van der Waals surface area contributed by atoms with Gasteiger partial charge in [0.2, 0.25) is 0 Å². The van der Waals surface area contributed by atoms with Gasteiger partial charge in [0.1, 0.15) is 5.78 Å². The maximum atomic E-state index is 13.6. The van der Waals surface area contributed by atoms with Crippen LogP contribution in [0.1, 0.15) is 85.0 Å². The number of aliphatic carboxylic acids is 1. The summed E-state index contributed by atoms with van der Waals surface area (Å²) in [6.07, 6.45) is 9.92. The van der Waals surface area contributed by atoms with Gasteiger partial charge in [-0.25, -0.2) is 0 Å². The lowest BCUT2D eigenvalue weighted by atomic mass is 9.44. The summed E-state index contributed by atoms with van der Waals surface area (Å²) >= 11 is 0. The van der Waals surface area contributed by atoms with Crippen molar-refractivity contribution in [2.45, 2.75) is 91.0 Å². The van der Waals surface area contributed by atoms with Gasteiger partial charge in [0.05, 0.1) is 0 Å². The molecule has 0 aromatic heterocycles. The Morgan fingerprint density at radius 3 is 2.64 bits per heavy atom. The third-order valence-electron chi connectivity index (χ3n) is 10.1. The predicted octanol–water partition coefficient (Wildman–Crippen LogP) is 4.65. The first-order chi connectivity index (χ1) is 13.2. The number of ketones is 1. The number of rotatable bonds is 4. The number of hydrogen-bond acceptors (Lipinski definition) is 3. The zero-order valence-electron chi connectivity index (χ0n) is 18.0. The standard InChI is InChI=1S/C24H39NO3/c1-14(4-9-22(27)28)18-7-8-19-17-6-5-15-12-16(25)10-11-23(15,2)20(17)13-21(26)24(18,19)3/h14-20H,4-13,25H2,1-3H3,(H,27,28)/t14?,15?,16?,17?,18-,19?,20?,23?,24-/m1/s1. The minimum atomic E-state index is -0.719. The predicted molar refractivity (Wildman–Crippen MR) is 110 cm³/mol. The number of carboxylic acid groups (broad SMARTS) is 1. The molecule has 0 radical (unpaired) electrons. The topological polar surface area (TPSA) is 80.4 Å². The van der Waals surface area contributed by atoms with E-state index in [9.17, 15) is 9.59 Å². The van der Waals surface area contributed by atoms with Gasteiger partial charge in [-0.1, -0.05) is 20.8 Å². The lowest BCUT2D eigenvalue weighted by Crippen LogP contribution is -2.57. The van der Waals surface area contributed by atoms with E-state index in [0.717, 1.165) is 32.1 Å². The number of nitrogens with two attached hydrogens (primary N) is 1. The molecule has 0 aliphatic heterocycles. The molecule has 4 fully saturated rings. The summed E-state index contributed by atoms with van der Waals surface area (Å²) in [4.78, 5) is 24.7. The van der Waals surface area contributed by atoms with Crippen molar-refractivity contribution in [1.29, 1.82) is 0 Å². The highest BCUT2D eigenvalue weighted by Crippen LogP contribution is 2.67. The Balaban J connectivity index is 1.57. The summed E-state index contributed by atoms with van der Waals surface area (Å²) in [6.45, 7) is 6.90. The van der Waals surface area contributed by atoms with Gasteiger partial charge in [-0.2, -0.15) is 0 Å². The highest BCUT2D eigenvalue weighted by atomic mass is 16.4. The van der Waals surface area contributed by atoms with Gasteiger partial charge in [0, 0.05) is 24.3 Å². The number of hydrogen-bond donors (Lipinski definition) is 2. The second-order valence-electron chi connectivity index (χ2n) is 11.2. The van der Waals surface area contributed by atoms with Crippen LogP contribution >= 0.6 is 0 Å². The fourth-order valence-corrected chi connectivity index (χ4v) is 8.49. The summed E-state index contributed by atoms with van der Waals surface area (Å²) < 4.78 is 0. The SMILES string of the molecule is CC(CCC(=O)O)[C@H]1CCC2C3CCC4CC(N)CCC4(C)C3CC(=O)[C@@]21C. The molecule has 4 rings (SSSR count). The van der Waals surface area contributed by atoms with Gasteiger partial charge in [-0.05, 0) is 92.3 Å². The highest BCUT2D eigenvalue weighted by molar-refractivity contribution is 5.87. The Labute approximate surface area is 170 Å². The Kier molecular flexibility index (Phi) is 5.17. The molecule has 0 heterocycles. The summed E-state index contributed by atoms with van der Waals surface area (Å²) in [6, 6.07) is 0.352. The molecule has 9 atom stereocenters. The van der Waals surface area contributed by atoms with E-state index in [1.165, 1.54) is 19.3 Å². The summed E-state index contributed by atoms with van der Waals surface area (Å²) in [5, 5.41) is 9.09. The largest absolute Gasteiger partial charge is 0.481 e. The second kappa shape index (κ2) is 7.11. The quantitative estimate of drug-likeness (QED) is 0.733. The summed E-state index contributed by atoms with van der Waals surface area (Å²) in [5.74, 6) is 2.85. The molecule has 0 amide bonds. The van der Waals surface area contributed by atoms with Crippen molar-refractivity contribution in [1.82, 2.24) is 0 Å². The Bertz CT molecular complexity index is 648.